The quantitative estimate of drug-likeness (QED) is 0.852. The molecule has 0 unspecified atom stereocenters. The van der Waals surface area contributed by atoms with Gasteiger partial charge in [-0.15, -0.1) is 5.10 Å². The van der Waals surface area contributed by atoms with Gasteiger partial charge in [0.1, 0.15) is 11.5 Å². The number of nitrogens with one attached hydrogen (secondary N) is 1. The summed E-state index contributed by atoms with van der Waals surface area (Å²) < 4.78 is 5.55. The number of hydrazone groups is 1. The van der Waals surface area contributed by atoms with Crippen molar-refractivity contribution in [2.45, 2.75) is 25.9 Å². The number of para-hydroxylation sites is 1. The number of hydrogen-bond acceptors (Lipinski definition) is 6. The molecule has 3 heterocycles. The number of carbonyl (C=O) groups is 1. The van der Waals surface area contributed by atoms with Gasteiger partial charge in [0.15, 0.2) is 5.17 Å². The number of hydrogen-bond donors (Lipinski definition) is 1. The first-order valence-corrected chi connectivity index (χ1v) is 9.29. The zero-order chi connectivity index (χ0) is 17.2. The Labute approximate surface area is 149 Å². The topological polar surface area (TPSA) is 70.2 Å². The van der Waals surface area contributed by atoms with Crippen molar-refractivity contribution in [1.82, 2.24) is 10.3 Å². The molecule has 1 atom stereocenters. The van der Waals surface area contributed by atoms with Crippen LogP contribution in [-0.2, 0) is 4.79 Å². The van der Waals surface area contributed by atoms with Crippen molar-refractivity contribution in [3.05, 3.63) is 59.0 Å². The van der Waals surface area contributed by atoms with Crippen LogP contribution in [0.15, 0.2) is 57.2 Å². The van der Waals surface area contributed by atoms with Gasteiger partial charge >= 0.3 is 0 Å². The molecular weight excluding hydrogens is 336 g/mol. The first-order valence-electron chi connectivity index (χ1n) is 8.30. The Hall–Kier alpha value is -2.54. The lowest BCUT2D eigenvalue weighted by molar-refractivity contribution is -0.116. The van der Waals surface area contributed by atoms with Crippen molar-refractivity contribution in [3.8, 4) is 0 Å². The van der Waals surface area contributed by atoms with Gasteiger partial charge in [0.05, 0.1) is 11.6 Å². The summed E-state index contributed by atoms with van der Waals surface area (Å²) in [5.74, 6) is 1.41. The average Bonchev–Trinajstić information content (AvgIpc) is 3.15. The van der Waals surface area contributed by atoms with E-state index in [-0.39, 0.29) is 5.91 Å². The van der Waals surface area contributed by atoms with Gasteiger partial charge in [0.25, 0.3) is 5.91 Å². The molecule has 7 heteroatoms. The molecule has 0 spiro atoms. The van der Waals surface area contributed by atoms with E-state index in [1.807, 2.05) is 36.4 Å². The molecule has 2 aromatic rings. The lowest BCUT2D eigenvalue weighted by atomic mass is 10.1. The predicted octanol–water partition coefficient (Wildman–Crippen LogP) is 1.96. The Balaban J connectivity index is 1.82. The van der Waals surface area contributed by atoms with Crippen LogP contribution >= 0.6 is 11.8 Å². The first-order chi connectivity index (χ1) is 12.3. The minimum atomic E-state index is -0.479. The fraction of sp³-hybridized carbons (Fsp3) is 0.278. The van der Waals surface area contributed by atoms with E-state index in [0.717, 1.165) is 29.2 Å². The molecule has 0 saturated carbocycles. The van der Waals surface area contributed by atoms with Crippen LogP contribution in [0.5, 0.6) is 0 Å². The molecule has 128 valence electrons. The SMILES string of the molecule is CCCCSC1=NN2C(=c3ccccc3=N[C@H]2c2ccco2)C(=O)N1. The summed E-state index contributed by atoms with van der Waals surface area (Å²) in [4.78, 5) is 17.5. The summed E-state index contributed by atoms with van der Waals surface area (Å²) in [5, 5.41) is 11.4. The van der Waals surface area contributed by atoms with E-state index in [1.54, 1.807) is 23.0 Å². The van der Waals surface area contributed by atoms with Crippen molar-refractivity contribution in [1.29, 1.82) is 0 Å². The Morgan fingerprint density at radius 2 is 2.16 bits per heavy atom. The summed E-state index contributed by atoms with van der Waals surface area (Å²) >= 11 is 1.55. The number of benzene rings is 1. The maximum Gasteiger partial charge on any atom is 0.276 e. The third-order valence-electron chi connectivity index (χ3n) is 4.05. The summed E-state index contributed by atoms with van der Waals surface area (Å²) in [6.07, 6.45) is 3.31. The van der Waals surface area contributed by atoms with Gasteiger partial charge in [-0.3, -0.25) is 10.1 Å². The van der Waals surface area contributed by atoms with Crippen LogP contribution in [0, 0.1) is 0 Å². The van der Waals surface area contributed by atoms with Crippen LogP contribution in [-0.4, -0.2) is 21.8 Å². The van der Waals surface area contributed by atoms with Crippen LogP contribution in [0.3, 0.4) is 0 Å². The Bertz CT molecular complexity index is 936. The van der Waals surface area contributed by atoms with Crippen molar-refractivity contribution in [3.63, 3.8) is 0 Å². The van der Waals surface area contributed by atoms with Crippen molar-refractivity contribution >= 4 is 28.5 Å². The molecule has 4 rings (SSSR count). The molecule has 1 N–H and O–H groups in total. The third-order valence-corrected chi connectivity index (χ3v) is 5.00. The molecule has 0 bridgehead atoms. The molecule has 1 amide bonds. The summed E-state index contributed by atoms with van der Waals surface area (Å²) in [6.45, 7) is 2.14. The molecule has 0 saturated heterocycles. The van der Waals surface area contributed by atoms with Gasteiger partial charge in [0.2, 0.25) is 6.17 Å². The van der Waals surface area contributed by atoms with Crippen LogP contribution in [0.25, 0.3) is 5.70 Å². The van der Waals surface area contributed by atoms with E-state index >= 15 is 0 Å². The van der Waals surface area contributed by atoms with Crippen LogP contribution in [0.1, 0.15) is 31.7 Å². The number of rotatable bonds is 4. The van der Waals surface area contributed by atoms with Crippen LogP contribution in [0.4, 0.5) is 0 Å². The van der Waals surface area contributed by atoms with E-state index in [0.29, 0.717) is 16.6 Å². The molecule has 2 aliphatic rings. The monoisotopic (exact) mass is 354 g/mol. The van der Waals surface area contributed by atoms with Crippen molar-refractivity contribution < 1.29 is 9.21 Å². The number of furan rings is 1. The third kappa shape index (κ3) is 2.95. The van der Waals surface area contributed by atoms with Crippen molar-refractivity contribution in [2.75, 3.05) is 5.75 Å². The minimum Gasteiger partial charge on any atom is -0.465 e. The highest BCUT2D eigenvalue weighted by Crippen LogP contribution is 2.30. The fourth-order valence-corrected chi connectivity index (χ4v) is 3.77. The normalized spacial score (nSPS) is 18.8. The second-order valence-electron chi connectivity index (χ2n) is 5.79. The Morgan fingerprint density at radius 3 is 2.96 bits per heavy atom. The summed E-state index contributed by atoms with van der Waals surface area (Å²) in [6, 6.07) is 11.3. The predicted molar refractivity (Wildman–Crippen MR) is 96.9 cm³/mol. The van der Waals surface area contributed by atoms with Gasteiger partial charge in [-0.2, -0.15) is 0 Å². The molecule has 1 aromatic heterocycles. The second-order valence-corrected chi connectivity index (χ2v) is 6.87. The average molecular weight is 354 g/mol. The summed E-state index contributed by atoms with van der Waals surface area (Å²) in [5.41, 5.74) is 0.506. The molecule has 2 aliphatic heterocycles. The second kappa shape index (κ2) is 6.76. The smallest absolute Gasteiger partial charge is 0.276 e. The lowest BCUT2D eigenvalue weighted by Gasteiger charge is -2.32. The maximum absolute atomic E-state index is 12.8. The highest BCUT2D eigenvalue weighted by atomic mass is 32.2. The molecule has 6 nitrogen and oxygen atoms in total. The highest BCUT2D eigenvalue weighted by Gasteiger charge is 2.35. The molecule has 0 aliphatic carbocycles. The molecule has 0 fully saturated rings. The first kappa shape index (κ1) is 16.0. The molecule has 1 aromatic carbocycles. The molecule has 0 radical (unpaired) electrons. The van der Waals surface area contributed by atoms with E-state index in [2.05, 4.69) is 17.3 Å². The molecule has 25 heavy (non-hydrogen) atoms. The number of unbranched alkanes of at least 4 members (excludes halogenated alkanes) is 1. The van der Waals surface area contributed by atoms with Crippen molar-refractivity contribution in [2.24, 2.45) is 10.1 Å². The number of fused-ring (bicyclic) bond motifs is 2. The zero-order valence-electron chi connectivity index (χ0n) is 13.8. The van der Waals surface area contributed by atoms with Gasteiger partial charge in [-0.1, -0.05) is 43.3 Å². The van der Waals surface area contributed by atoms with Crippen LogP contribution in [0.2, 0.25) is 0 Å². The number of nitrogens with zero attached hydrogens (tertiary/aromatic N) is 3. The lowest BCUT2D eigenvalue weighted by Crippen LogP contribution is -2.50. The van der Waals surface area contributed by atoms with E-state index in [9.17, 15) is 4.79 Å². The minimum absolute atomic E-state index is 0.159. The van der Waals surface area contributed by atoms with Gasteiger partial charge < -0.3 is 4.42 Å². The number of thioether (sulfide) groups is 1. The Kier molecular flexibility index (Phi) is 4.31. The standard InChI is InChI=1S/C18H18N4O2S/c1-2-3-11-25-18-20-17(23)15-12-7-4-5-8-13(12)19-16(22(15)21-18)14-9-6-10-24-14/h4-10,16H,2-3,11H2,1H3,(H,20,21,23)/t16-/m1/s1. The fourth-order valence-electron chi connectivity index (χ4n) is 2.83. The van der Waals surface area contributed by atoms with E-state index < -0.39 is 6.17 Å². The summed E-state index contributed by atoms with van der Waals surface area (Å²) in [7, 11) is 0. The maximum atomic E-state index is 12.8. The highest BCUT2D eigenvalue weighted by molar-refractivity contribution is 8.13. The zero-order valence-corrected chi connectivity index (χ0v) is 14.6. The van der Waals surface area contributed by atoms with Gasteiger partial charge in [-0.25, -0.2) is 10.0 Å². The van der Waals surface area contributed by atoms with Gasteiger partial charge in [0, 0.05) is 11.0 Å². The van der Waals surface area contributed by atoms with Gasteiger partial charge in [-0.05, 0) is 24.6 Å². The number of amidine groups is 1. The van der Waals surface area contributed by atoms with E-state index in [1.165, 1.54) is 0 Å². The molecular formula is C18H18N4O2S. The Morgan fingerprint density at radius 1 is 1.28 bits per heavy atom. The largest absolute Gasteiger partial charge is 0.465 e. The van der Waals surface area contributed by atoms with E-state index in [4.69, 9.17) is 9.41 Å². The number of carbonyl (C=O) groups excluding carboxylic acids is 1. The number of amides is 1. The van der Waals surface area contributed by atoms with Crippen LogP contribution < -0.4 is 15.9 Å².